The summed E-state index contributed by atoms with van der Waals surface area (Å²) in [5.74, 6) is 0. The number of benzene rings is 1. The summed E-state index contributed by atoms with van der Waals surface area (Å²) in [5.41, 5.74) is 0.823. The van der Waals surface area contributed by atoms with E-state index in [1.807, 2.05) is 18.2 Å². The van der Waals surface area contributed by atoms with E-state index in [1.165, 1.54) is 0 Å². The molecule has 0 aliphatic heterocycles. The number of hydrogen-bond acceptors (Lipinski definition) is 2. The van der Waals surface area contributed by atoms with Crippen LogP contribution >= 0.6 is 0 Å². The van der Waals surface area contributed by atoms with Crippen molar-refractivity contribution in [2.75, 3.05) is 0 Å². The Kier molecular flexibility index (Phi) is 1.90. The number of aromatic amines is 1. The van der Waals surface area contributed by atoms with Crippen molar-refractivity contribution in [3.8, 4) is 0 Å². The summed E-state index contributed by atoms with van der Waals surface area (Å²) in [6.07, 6.45) is 1.62. The topological polar surface area (TPSA) is 49.9 Å². The predicted molar refractivity (Wildman–Crippen MR) is 50.5 cm³/mol. The van der Waals surface area contributed by atoms with Gasteiger partial charge in [0, 0.05) is 17.1 Å². The molecule has 1 aromatic carbocycles. The van der Waals surface area contributed by atoms with Crippen molar-refractivity contribution >= 4 is 21.2 Å². The van der Waals surface area contributed by atoms with E-state index in [2.05, 4.69) is 4.98 Å². The van der Waals surface area contributed by atoms with Gasteiger partial charge >= 0.3 is 0 Å². The number of rotatable bonds is 0. The third-order valence-electron chi connectivity index (χ3n) is 1.85. The Balaban J connectivity index is 3.20. The maximum Gasteiger partial charge on any atom is 0.222 e. The van der Waals surface area contributed by atoms with E-state index in [-0.39, 0.29) is 0 Å². The van der Waals surface area contributed by atoms with Gasteiger partial charge in [0.25, 0.3) is 0 Å². The summed E-state index contributed by atoms with van der Waals surface area (Å²) in [4.78, 5) is 2.97. The first-order valence-electron chi connectivity index (χ1n) is 3.78. The summed E-state index contributed by atoms with van der Waals surface area (Å²) in [6, 6.07) is 8.83. The molecule has 0 saturated heterocycles. The number of hydrogen-bond donors (Lipinski definition) is 1. The highest BCUT2D eigenvalue weighted by Crippen LogP contribution is 2.10. The molecule has 1 N–H and O–H groups in total. The lowest BCUT2D eigenvalue weighted by molar-refractivity contribution is 0.625. The minimum Gasteiger partial charge on any atom is -0.361 e. The molecular weight excluding hydrogens is 186 g/mol. The van der Waals surface area contributed by atoms with E-state index in [0.717, 1.165) is 10.9 Å². The number of fused-ring (bicyclic) bond motifs is 1. The van der Waals surface area contributed by atoms with Gasteiger partial charge in [-0.25, -0.2) is 0 Å². The SMILES string of the molecule is O=S(=O)=c1cc[nH]c2ccccc12. The Morgan fingerprint density at radius 2 is 1.85 bits per heavy atom. The molecule has 1 heterocycles. The number of pyridine rings is 1. The van der Waals surface area contributed by atoms with Crippen LogP contribution in [-0.4, -0.2) is 13.4 Å². The number of nitrogens with one attached hydrogen (secondary N) is 1. The van der Waals surface area contributed by atoms with Crippen LogP contribution in [0, 0.1) is 4.51 Å². The van der Waals surface area contributed by atoms with Crippen LogP contribution in [0.1, 0.15) is 0 Å². The molecule has 1 aromatic heterocycles. The monoisotopic (exact) mass is 193 g/mol. The molecular formula is C9H7NO2S. The summed E-state index contributed by atoms with van der Waals surface area (Å²) >= 11 is 0. The molecule has 3 nitrogen and oxygen atoms in total. The first kappa shape index (κ1) is 8.07. The van der Waals surface area contributed by atoms with Gasteiger partial charge in [0.05, 0.1) is 0 Å². The number of para-hydroxylation sites is 1. The molecule has 0 fully saturated rings. The highest BCUT2D eigenvalue weighted by atomic mass is 32.2. The molecule has 13 heavy (non-hydrogen) atoms. The van der Waals surface area contributed by atoms with Gasteiger partial charge in [-0.2, -0.15) is 8.42 Å². The van der Waals surface area contributed by atoms with Gasteiger partial charge in [0.1, 0.15) is 4.51 Å². The smallest absolute Gasteiger partial charge is 0.222 e. The molecule has 2 rings (SSSR count). The lowest BCUT2D eigenvalue weighted by Crippen LogP contribution is -1.79. The van der Waals surface area contributed by atoms with Gasteiger partial charge in [-0.1, -0.05) is 18.2 Å². The minimum atomic E-state index is -2.17. The summed E-state index contributed by atoms with van der Waals surface area (Å²) in [6.45, 7) is 0. The van der Waals surface area contributed by atoms with Crippen molar-refractivity contribution in [3.63, 3.8) is 0 Å². The third-order valence-corrected chi connectivity index (χ3v) is 2.56. The highest BCUT2D eigenvalue weighted by molar-refractivity contribution is 7.64. The van der Waals surface area contributed by atoms with Crippen molar-refractivity contribution in [2.24, 2.45) is 0 Å². The Hall–Kier alpha value is -1.55. The van der Waals surface area contributed by atoms with Crippen LogP contribution in [0.4, 0.5) is 0 Å². The Bertz CT molecular complexity index is 597. The van der Waals surface area contributed by atoms with Crippen LogP contribution in [0.15, 0.2) is 36.5 Å². The molecule has 0 unspecified atom stereocenters. The fourth-order valence-corrected chi connectivity index (χ4v) is 1.80. The standard InChI is InChI=1S/C9H7NO2S/c11-13(12)9-5-6-10-8-4-2-1-3-7(8)9/h1-6,10H. The van der Waals surface area contributed by atoms with Crippen LogP contribution in [0.5, 0.6) is 0 Å². The minimum absolute atomic E-state index is 0.328. The van der Waals surface area contributed by atoms with Crippen LogP contribution in [0.25, 0.3) is 10.9 Å². The van der Waals surface area contributed by atoms with Crippen molar-refractivity contribution in [3.05, 3.63) is 41.0 Å². The van der Waals surface area contributed by atoms with Crippen LogP contribution in [-0.2, 0) is 10.3 Å². The zero-order valence-corrected chi connectivity index (χ0v) is 7.51. The second-order valence-electron chi connectivity index (χ2n) is 2.62. The summed E-state index contributed by atoms with van der Waals surface area (Å²) < 4.78 is 21.9. The average molecular weight is 193 g/mol. The quantitative estimate of drug-likeness (QED) is 0.646. The summed E-state index contributed by atoms with van der Waals surface area (Å²) in [5, 5.41) is 0.721. The first-order valence-corrected chi connectivity index (χ1v) is 4.85. The molecule has 0 amide bonds. The van der Waals surface area contributed by atoms with Crippen molar-refractivity contribution in [1.82, 2.24) is 4.98 Å². The van der Waals surface area contributed by atoms with Gasteiger partial charge in [0.2, 0.25) is 10.3 Å². The second kappa shape index (κ2) is 3.06. The largest absolute Gasteiger partial charge is 0.361 e. The lowest BCUT2D eigenvalue weighted by Gasteiger charge is -1.94. The zero-order valence-electron chi connectivity index (χ0n) is 6.69. The number of H-pyrrole nitrogens is 1. The van der Waals surface area contributed by atoms with Crippen molar-refractivity contribution in [1.29, 1.82) is 0 Å². The normalized spacial score (nSPS) is 10.2. The van der Waals surface area contributed by atoms with Crippen LogP contribution in [0.3, 0.4) is 0 Å². The summed E-state index contributed by atoms with van der Waals surface area (Å²) in [7, 11) is -2.17. The fraction of sp³-hybridized carbons (Fsp3) is 0. The molecule has 2 aromatic rings. The first-order chi connectivity index (χ1) is 6.29. The van der Waals surface area contributed by atoms with E-state index in [1.54, 1.807) is 18.3 Å². The Labute approximate surface area is 76.2 Å². The average Bonchev–Trinajstić information content (AvgIpc) is 2.17. The maximum absolute atomic E-state index is 10.8. The molecule has 0 aliphatic rings. The van der Waals surface area contributed by atoms with Crippen LogP contribution in [0.2, 0.25) is 0 Å². The van der Waals surface area contributed by atoms with E-state index >= 15 is 0 Å². The van der Waals surface area contributed by atoms with Gasteiger partial charge < -0.3 is 4.98 Å². The number of aromatic nitrogens is 1. The molecule has 0 spiro atoms. The van der Waals surface area contributed by atoms with E-state index in [0.29, 0.717) is 4.51 Å². The highest BCUT2D eigenvalue weighted by Gasteiger charge is 1.93. The molecule has 66 valence electrons. The zero-order chi connectivity index (χ0) is 9.26. The molecule has 4 heteroatoms. The van der Waals surface area contributed by atoms with E-state index < -0.39 is 10.3 Å². The van der Waals surface area contributed by atoms with Gasteiger partial charge in [-0.05, 0) is 12.1 Å². The Morgan fingerprint density at radius 3 is 2.62 bits per heavy atom. The molecule has 0 bridgehead atoms. The van der Waals surface area contributed by atoms with E-state index in [4.69, 9.17) is 0 Å². The predicted octanol–water partition coefficient (Wildman–Crippen LogP) is 1.58. The third kappa shape index (κ3) is 1.36. The molecule has 0 saturated carbocycles. The maximum atomic E-state index is 10.8. The van der Waals surface area contributed by atoms with Gasteiger partial charge in [-0.15, -0.1) is 0 Å². The molecule has 0 radical (unpaired) electrons. The lowest BCUT2D eigenvalue weighted by atomic mass is 10.2. The van der Waals surface area contributed by atoms with Crippen molar-refractivity contribution < 1.29 is 8.42 Å². The molecule has 0 aliphatic carbocycles. The Morgan fingerprint density at radius 1 is 1.08 bits per heavy atom. The van der Waals surface area contributed by atoms with Crippen LogP contribution < -0.4 is 0 Å². The fourth-order valence-electron chi connectivity index (χ4n) is 1.27. The van der Waals surface area contributed by atoms with Gasteiger partial charge in [0.15, 0.2) is 0 Å². The van der Waals surface area contributed by atoms with Gasteiger partial charge in [-0.3, -0.25) is 0 Å². The molecule has 0 atom stereocenters. The second-order valence-corrected chi connectivity index (χ2v) is 3.53. The van der Waals surface area contributed by atoms with E-state index in [9.17, 15) is 8.42 Å². The van der Waals surface area contributed by atoms with Crippen molar-refractivity contribution in [2.45, 2.75) is 0 Å².